The first-order valence-corrected chi connectivity index (χ1v) is 17.3. The Kier molecular flexibility index (Phi) is 8.61. The molecule has 0 aliphatic carbocycles. The third-order valence-corrected chi connectivity index (χ3v) is 11.2. The second-order valence-electron chi connectivity index (χ2n) is 10.6. The van der Waals surface area contributed by atoms with Crippen molar-refractivity contribution in [3.63, 3.8) is 0 Å². The highest BCUT2D eigenvalue weighted by atomic mass is 32.2. The molecule has 16 heteroatoms. The van der Waals surface area contributed by atoms with E-state index < -0.39 is 68.0 Å². The highest BCUT2D eigenvalue weighted by Crippen LogP contribution is 2.53. The lowest BCUT2D eigenvalue weighted by Crippen LogP contribution is -2.33. The summed E-state index contributed by atoms with van der Waals surface area (Å²) in [6.07, 6.45) is 0. The van der Waals surface area contributed by atoms with E-state index in [1.54, 1.807) is 6.92 Å². The number of esters is 1. The fourth-order valence-electron chi connectivity index (χ4n) is 5.57. The number of nitrogens with zero attached hydrogens (tertiary/aromatic N) is 2. The van der Waals surface area contributed by atoms with E-state index in [-0.39, 0.29) is 28.4 Å². The monoisotopic (exact) mass is 696 g/mol. The second-order valence-corrected chi connectivity index (χ2v) is 14.3. The molecule has 0 bridgehead atoms. The molecule has 3 atom stereocenters. The van der Waals surface area contributed by atoms with Crippen LogP contribution in [-0.4, -0.2) is 48.5 Å². The predicted octanol–water partition coefficient (Wildman–Crippen LogP) is 3.31. The van der Waals surface area contributed by atoms with Crippen LogP contribution in [0.1, 0.15) is 33.6 Å². The molecular weight excluding hydrogens is 672 g/mol. The van der Waals surface area contributed by atoms with E-state index in [1.807, 2.05) is 0 Å². The number of thioether (sulfide) groups is 1. The zero-order valence-electron chi connectivity index (χ0n) is 24.4. The lowest BCUT2D eigenvalue weighted by atomic mass is 9.83. The van der Waals surface area contributed by atoms with Crippen molar-refractivity contribution in [2.24, 2.45) is 11.1 Å². The molecule has 47 heavy (non-hydrogen) atoms. The number of hydrogen-bond donors (Lipinski definition) is 2. The van der Waals surface area contributed by atoms with Crippen LogP contribution < -0.4 is 20.2 Å². The molecule has 0 saturated carbocycles. The van der Waals surface area contributed by atoms with Crippen molar-refractivity contribution in [1.82, 2.24) is 4.57 Å². The normalized spacial score (nSPS) is 18.9. The Morgan fingerprint density at radius 2 is 1.62 bits per heavy atom. The van der Waals surface area contributed by atoms with E-state index in [1.165, 1.54) is 77.4 Å². The number of nitrogens with one attached hydrogen (secondary N) is 1. The van der Waals surface area contributed by atoms with Crippen molar-refractivity contribution in [2.45, 2.75) is 34.6 Å². The van der Waals surface area contributed by atoms with E-state index in [9.17, 15) is 36.8 Å². The largest absolute Gasteiger partial charge is 0.462 e. The molecule has 3 N–H and O–H groups in total. The van der Waals surface area contributed by atoms with Crippen LogP contribution in [-0.2, 0) is 35.7 Å². The zero-order valence-corrected chi connectivity index (χ0v) is 26.9. The number of nitrogens with two attached hydrogens (primary N) is 1. The molecule has 2 aliphatic rings. The number of imide groups is 1. The molecular formula is C31H25FN4O8S3. The van der Waals surface area contributed by atoms with Gasteiger partial charge in [0.1, 0.15) is 17.6 Å². The highest BCUT2D eigenvalue weighted by Gasteiger charge is 2.56. The second kappa shape index (κ2) is 12.5. The Labute approximate surface area is 275 Å². The first-order chi connectivity index (χ1) is 22.4. The van der Waals surface area contributed by atoms with Gasteiger partial charge in [-0.3, -0.25) is 23.7 Å². The van der Waals surface area contributed by atoms with Gasteiger partial charge >= 0.3 is 10.8 Å². The summed E-state index contributed by atoms with van der Waals surface area (Å²) < 4.78 is 43.3. The molecule has 1 fully saturated rings. The minimum absolute atomic E-state index is 0.142. The van der Waals surface area contributed by atoms with Crippen LogP contribution in [0.15, 0.2) is 87.5 Å². The smallest absolute Gasteiger partial charge is 0.338 e. The van der Waals surface area contributed by atoms with Gasteiger partial charge in [0.25, 0.3) is 0 Å². The van der Waals surface area contributed by atoms with Gasteiger partial charge in [-0.1, -0.05) is 35.2 Å². The average molecular weight is 697 g/mol. The van der Waals surface area contributed by atoms with E-state index in [4.69, 9.17) is 9.88 Å². The average Bonchev–Trinajstić information content (AvgIpc) is 3.47. The van der Waals surface area contributed by atoms with Gasteiger partial charge in [0.15, 0.2) is 0 Å². The summed E-state index contributed by atoms with van der Waals surface area (Å²) in [6.45, 7) is 1.41. The van der Waals surface area contributed by atoms with E-state index in [2.05, 4.69) is 5.32 Å². The van der Waals surface area contributed by atoms with Crippen LogP contribution >= 0.6 is 23.1 Å². The molecule has 6 rings (SSSR count). The summed E-state index contributed by atoms with van der Waals surface area (Å²) in [5.41, 5.74) is 1.26. The van der Waals surface area contributed by atoms with Crippen molar-refractivity contribution in [3.05, 3.63) is 104 Å². The maximum Gasteiger partial charge on any atom is 0.338 e. The maximum atomic E-state index is 14.0. The molecule has 2 aliphatic heterocycles. The Bertz CT molecular complexity index is 2080. The number of hydrogen-bond acceptors (Lipinski definition) is 10. The molecule has 4 aromatic rings. The minimum Gasteiger partial charge on any atom is -0.462 e. The number of anilines is 2. The highest BCUT2D eigenvalue weighted by molar-refractivity contribution is 8.00. The number of halogens is 1. The maximum absolute atomic E-state index is 14.0. The summed E-state index contributed by atoms with van der Waals surface area (Å²) >= 11 is 1.84. The Hall–Kier alpha value is -4.64. The zero-order chi connectivity index (χ0) is 33.6. The summed E-state index contributed by atoms with van der Waals surface area (Å²) in [5, 5.41) is 7.08. The molecule has 0 spiro atoms. The fraction of sp³-hybridized carbons (Fsp3) is 0.194. The Balaban J connectivity index is 1.34. The topological polar surface area (TPSA) is 175 Å². The summed E-state index contributed by atoms with van der Waals surface area (Å²) in [6, 6.07) is 16.5. The van der Waals surface area contributed by atoms with Crippen LogP contribution in [0.25, 0.3) is 0 Å². The van der Waals surface area contributed by atoms with Crippen LogP contribution in [0.5, 0.6) is 0 Å². The van der Waals surface area contributed by atoms with Gasteiger partial charge in [0.2, 0.25) is 27.7 Å². The third-order valence-electron chi connectivity index (χ3n) is 7.68. The number of benzene rings is 3. The Morgan fingerprint density at radius 1 is 0.957 bits per heavy atom. The van der Waals surface area contributed by atoms with Crippen LogP contribution in [0.2, 0.25) is 0 Å². The van der Waals surface area contributed by atoms with Gasteiger partial charge in [-0.15, -0.1) is 0 Å². The molecule has 3 heterocycles. The number of thiazole rings is 1. The van der Waals surface area contributed by atoms with Gasteiger partial charge in [-0.25, -0.2) is 27.6 Å². The number of aromatic nitrogens is 1. The number of primary sulfonamides is 1. The molecule has 1 aromatic heterocycles. The molecule has 3 amide bonds. The molecule has 0 radical (unpaired) electrons. The predicted molar refractivity (Wildman–Crippen MR) is 171 cm³/mol. The molecule has 12 nitrogen and oxygen atoms in total. The summed E-state index contributed by atoms with van der Waals surface area (Å²) in [7, 11) is -3.93. The Morgan fingerprint density at radius 3 is 2.23 bits per heavy atom. The number of carbonyl (C=O) groups is 4. The number of rotatable bonds is 8. The van der Waals surface area contributed by atoms with Crippen molar-refractivity contribution >= 4 is 68.2 Å². The number of sulfonamides is 1. The first kappa shape index (κ1) is 32.3. The third kappa shape index (κ3) is 6.12. The quantitative estimate of drug-likeness (QED) is 0.207. The fourth-order valence-corrected chi connectivity index (χ4v) is 8.86. The molecule has 242 valence electrons. The SMILES string of the molecule is CCOC(=O)c1ccc(N2C(=O)C3Sc4c(sc(=O)n4CC(=O)Nc4ccc(S(N)(=O)=O)cc4)C(c4ccc(F)cc4)C3C2=O)cc1. The van der Waals surface area contributed by atoms with Gasteiger partial charge in [-0.05, 0) is 73.2 Å². The first-order valence-electron chi connectivity index (χ1n) is 14.1. The lowest BCUT2D eigenvalue weighted by Gasteiger charge is -2.30. The summed E-state index contributed by atoms with van der Waals surface area (Å²) in [4.78, 5) is 67.3. The van der Waals surface area contributed by atoms with Crippen molar-refractivity contribution in [2.75, 3.05) is 16.8 Å². The van der Waals surface area contributed by atoms with Crippen molar-refractivity contribution in [3.8, 4) is 0 Å². The number of carbonyl (C=O) groups excluding carboxylic acids is 4. The molecule has 1 saturated heterocycles. The van der Waals surface area contributed by atoms with Gasteiger partial charge < -0.3 is 10.1 Å². The summed E-state index contributed by atoms with van der Waals surface area (Å²) in [5.74, 6) is -4.48. The number of fused-ring (bicyclic) bond motifs is 2. The molecule has 3 aromatic carbocycles. The lowest BCUT2D eigenvalue weighted by molar-refractivity contribution is -0.122. The van der Waals surface area contributed by atoms with Crippen LogP contribution in [0, 0.1) is 11.7 Å². The van der Waals surface area contributed by atoms with Gasteiger partial charge in [0, 0.05) is 16.5 Å². The minimum atomic E-state index is -3.93. The van der Waals surface area contributed by atoms with Crippen molar-refractivity contribution < 1.29 is 36.7 Å². The standard InChI is InChI=1S/C31H25FN4O8S3/c1-2-44-30(40)17-5-11-20(12-6-17)36-27(38)24-23(16-3-7-18(32)8-4-16)26-29(45-25(24)28(36)39)35(31(41)46-26)15-22(37)34-19-9-13-21(14-10-19)47(33,42)43/h3-14,23-25H,2,15H2,1H3,(H,34,37)(H2,33,42,43). The van der Waals surface area contributed by atoms with E-state index in [0.717, 1.165) is 28.0 Å². The van der Waals surface area contributed by atoms with Crippen LogP contribution in [0.4, 0.5) is 15.8 Å². The van der Waals surface area contributed by atoms with Gasteiger partial charge in [-0.2, -0.15) is 0 Å². The van der Waals surface area contributed by atoms with E-state index >= 15 is 0 Å². The number of ether oxygens (including phenoxy) is 1. The molecule has 3 unspecified atom stereocenters. The van der Waals surface area contributed by atoms with Crippen molar-refractivity contribution in [1.29, 1.82) is 0 Å². The number of amides is 3. The van der Waals surface area contributed by atoms with Gasteiger partial charge in [0.05, 0.1) is 33.7 Å². The van der Waals surface area contributed by atoms with Crippen LogP contribution in [0.3, 0.4) is 0 Å². The van der Waals surface area contributed by atoms with E-state index in [0.29, 0.717) is 15.5 Å².